The lowest BCUT2D eigenvalue weighted by atomic mass is 10.1. The maximum atomic E-state index is 12.4. The second kappa shape index (κ2) is 7.79. The highest BCUT2D eigenvalue weighted by molar-refractivity contribution is 5.94. The van der Waals surface area contributed by atoms with Crippen molar-refractivity contribution in [3.63, 3.8) is 0 Å². The molecule has 0 saturated carbocycles. The lowest BCUT2D eigenvalue weighted by Crippen LogP contribution is -2.33. The van der Waals surface area contributed by atoms with Crippen LogP contribution < -0.4 is 10.5 Å². The number of benzene rings is 1. The lowest BCUT2D eigenvalue weighted by molar-refractivity contribution is 0.0754. The largest absolute Gasteiger partial charge is 0.496 e. The predicted octanol–water partition coefficient (Wildman–Crippen LogP) is 2.20. The molecule has 0 aliphatic heterocycles. The van der Waals surface area contributed by atoms with Crippen molar-refractivity contribution in [1.82, 2.24) is 4.90 Å². The fourth-order valence-electron chi connectivity index (χ4n) is 2.00. The molecule has 1 amide bonds. The Bertz CT molecular complexity index is 419. The number of rotatable bonds is 7. The Morgan fingerprint density at radius 3 is 2.68 bits per heavy atom. The summed E-state index contributed by atoms with van der Waals surface area (Å²) in [5, 5.41) is 0. The van der Waals surface area contributed by atoms with Crippen molar-refractivity contribution in [2.75, 3.05) is 26.7 Å². The van der Waals surface area contributed by atoms with Crippen LogP contribution in [0, 0.1) is 6.92 Å². The summed E-state index contributed by atoms with van der Waals surface area (Å²) < 4.78 is 5.27. The molecule has 0 atom stereocenters. The zero-order valence-electron chi connectivity index (χ0n) is 12.1. The molecule has 0 saturated heterocycles. The van der Waals surface area contributed by atoms with Gasteiger partial charge in [-0.05, 0) is 44.0 Å². The minimum Gasteiger partial charge on any atom is -0.496 e. The number of carbonyl (C=O) groups excluding carboxylic acids is 1. The molecule has 0 radical (unpaired) electrons. The van der Waals surface area contributed by atoms with Crippen LogP contribution in [-0.4, -0.2) is 37.6 Å². The molecular formula is C15H24N2O2. The third kappa shape index (κ3) is 4.24. The van der Waals surface area contributed by atoms with Crippen LogP contribution in [0.5, 0.6) is 5.75 Å². The van der Waals surface area contributed by atoms with Crippen LogP contribution in [0.15, 0.2) is 18.2 Å². The SMILES string of the molecule is CCCN(CCCN)C(=O)c1ccc(C)c(OC)c1. The number of nitrogens with two attached hydrogens (primary N) is 1. The Kier molecular flexibility index (Phi) is 6.36. The minimum atomic E-state index is 0.0496. The summed E-state index contributed by atoms with van der Waals surface area (Å²) in [6, 6.07) is 5.58. The summed E-state index contributed by atoms with van der Waals surface area (Å²) in [5.74, 6) is 0.801. The number of ether oxygens (including phenoxy) is 1. The molecule has 106 valence electrons. The number of hydrogen-bond acceptors (Lipinski definition) is 3. The summed E-state index contributed by atoms with van der Waals surface area (Å²) in [7, 11) is 1.62. The molecule has 0 aliphatic carbocycles. The van der Waals surface area contributed by atoms with E-state index >= 15 is 0 Å². The van der Waals surface area contributed by atoms with E-state index in [-0.39, 0.29) is 5.91 Å². The van der Waals surface area contributed by atoms with Crippen LogP contribution in [0.4, 0.5) is 0 Å². The highest BCUT2D eigenvalue weighted by atomic mass is 16.5. The van der Waals surface area contributed by atoms with E-state index in [9.17, 15) is 4.79 Å². The first-order chi connectivity index (χ1) is 9.13. The topological polar surface area (TPSA) is 55.6 Å². The van der Waals surface area contributed by atoms with Crippen molar-refractivity contribution in [1.29, 1.82) is 0 Å². The predicted molar refractivity (Wildman–Crippen MR) is 77.6 cm³/mol. The van der Waals surface area contributed by atoms with Gasteiger partial charge < -0.3 is 15.4 Å². The molecule has 1 rings (SSSR count). The Balaban J connectivity index is 2.88. The van der Waals surface area contributed by atoms with Crippen molar-refractivity contribution in [2.45, 2.75) is 26.7 Å². The van der Waals surface area contributed by atoms with Gasteiger partial charge in [0, 0.05) is 18.7 Å². The van der Waals surface area contributed by atoms with Crippen LogP contribution in [0.3, 0.4) is 0 Å². The van der Waals surface area contributed by atoms with Gasteiger partial charge in [-0.2, -0.15) is 0 Å². The molecule has 0 bridgehead atoms. The van der Waals surface area contributed by atoms with Gasteiger partial charge in [0.25, 0.3) is 5.91 Å². The molecule has 19 heavy (non-hydrogen) atoms. The van der Waals surface area contributed by atoms with Gasteiger partial charge in [0.1, 0.15) is 5.75 Å². The van der Waals surface area contributed by atoms with Gasteiger partial charge in [-0.25, -0.2) is 0 Å². The van der Waals surface area contributed by atoms with Crippen molar-refractivity contribution >= 4 is 5.91 Å². The maximum Gasteiger partial charge on any atom is 0.253 e. The van der Waals surface area contributed by atoms with Crippen molar-refractivity contribution in [2.24, 2.45) is 5.73 Å². The third-order valence-corrected chi connectivity index (χ3v) is 3.07. The molecule has 0 aliphatic rings. The molecular weight excluding hydrogens is 240 g/mol. The van der Waals surface area contributed by atoms with Gasteiger partial charge in [0.15, 0.2) is 0 Å². The van der Waals surface area contributed by atoms with Gasteiger partial charge in [0.05, 0.1) is 7.11 Å². The molecule has 0 fully saturated rings. The average molecular weight is 264 g/mol. The Morgan fingerprint density at radius 1 is 1.37 bits per heavy atom. The highest BCUT2D eigenvalue weighted by Gasteiger charge is 2.15. The first-order valence-corrected chi connectivity index (χ1v) is 6.78. The summed E-state index contributed by atoms with van der Waals surface area (Å²) >= 11 is 0. The Morgan fingerprint density at radius 2 is 2.11 bits per heavy atom. The molecule has 0 spiro atoms. The molecule has 0 unspecified atom stereocenters. The normalized spacial score (nSPS) is 10.3. The lowest BCUT2D eigenvalue weighted by Gasteiger charge is -2.22. The molecule has 1 aromatic rings. The molecule has 0 aromatic heterocycles. The van der Waals surface area contributed by atoms with E-state index in [2.05, 4.69) is 6.92 Å². The second-order valence-electron chi connectivity index (χ2n) is 4.62. The van der Waals surface area contributed by atoms with E-state index < -0.39 is 0 Å². The zero-order valence-corrected chi connectivity index (χ0v) is 12.1. The van der Waals surface area contributed by atoms with E-state index in [0.717, 1.165) is 30.7 Å². The first-order valence-electron chi connectivity index (χ1n) is 6.78. The zero-order chi connectivity index (χ0) is 14.3. The number of methoxy groups -OCH3 is 1. The van der Waals surface area contributed by atoms with Gasteiger partial charge in [-0.3, -0.25) is 4.79 Å². The quantitative estimate of drug-likeness (QED) is 0.821. The Labute approximate surface area is 115 Å². The minimum absolute atomic E-state index is 0.0496. The van der Waals surface area contributed by atoms with Crippen molar-refractivity contribution in [3.05, 3.63) is 29.3 Å². The molecule has 0 heterocycles. The third-order valence-electron chi connectivity index (χ3n) is 3.07. The number of amides is 1. The van der Waals surface area contributed by atoms with Gasteiger partial charge in [0.2, 0.25) is 0 Å². The van der Waals surface area contributed by atoms with E-state index in [1.807, 2.05) is 30.0 Å². The summed E-state index contributed by atoms with van der Waals surface area (Å²) in [4.78, 5) is 14.3. The molecule has 2 N–H and O–H groups in total. The number of nitrogens with zero attached hydrogens (tertiary/aromatic N) is 1. The van der Waals surface area contributed by atoms with Crippen LogP contribution in [-0.2, 0) is 0 Å². The standard InChI is InChI=1S/C15H24N2O2/c1-4-9-17(10-5-8-16)15(18)13-7-6-12(2)14(11-13)19-3/h6-7,11H,4-5,8-10,16H2,1-3H3. The van der Waals surface area contributed by atoms with Crippen molar-refractivity contribution in [3.8, 4) is 5.75 Å². The maximum absolute atomic E-state index is 12.4. The highest BCUT2D eigenvalue weighted by Crippen LogP contribution is 2.20. The van der Waals surface area contributed by atoms with E-state index in [4.69, 9.17) is 10.5 Å². The molecule has 4 heteroatoms. The summed E-state index contributed by atoms with van der Waals surface area (Å²) in [6.07, 6.45) is 1.77. The van der Waals surface area contributed by atoms with Gasteiger partial charge in [-0.1, -0.05) is 13.0 Å². The Hall–Kier alpha value is -1.55. The fourth-order valence-corrected chi connectivity index (χ4v) is 2.00. The van der Waals surface area contributed by atoms with Gasteiger partial charge >= 0.3 is 0 Å². The molecule has 1 aromatic carbocycles. The van der Waals surface area contributed by atoms with Crippen LogP contribution >= 0.6 is 0 Å². The molecule has 4 nitrogen and oxygen atoms in total. The van der Waals surface area contributed by atoms with Crippen LogP contribution in [0.25, 0.3) is 0 Å². The average Bonchev–Trinajstić information content (AvgIpc) is 2.43. The smallest absolute Gasteiger partial charge is 0.253 e. The van der Waals surface area contributed by atoms with E-state index in [1.54, 1.807) is 7.11 Å². The first kappa shape index (κ1) is 15.5. The number of aryl methyl sites for hydroxylation is 1. The van der Waals surface area contributed by atoms with E-state index in [0.29, 0.717) is 18.7 Å². The van der Waals surface area contributed by atoms with Crippen LogP contribution in [0.2, 0.25) is 0 Å². The summed E-state index contributed by atoms with van der Waals surface area (Å²) in [6.45, 7) is 6.10. The van der Waals surface area contributed by atoms with Crippen molar-refractivity contribution < 1.29 is 9.53 Å². The monoisotopic (exact) mass is 264 g/mol. The number of hydrogen-bond donors (Lipinski definition) is 1. The van der Waals surface area contributed by atoms with E-state index in [1.165, 1.54) is 0 Å². The second-order valence-corrected chi connectivity index (χ2v) is 4.62. The fraction of sp³-hybridized carbons (Fsp3) is 0.533. The number of carbonyl (C=O) groups is 1. The summed E-state index contributed by atoms with van der Waals surface area (Å²) in [5.41, 5.74) is 7.22. The van der Waals surface area contributed by atoms with Gasteiger partial charge in [-0.15, -0.1) is 0 Å². The van der Waals surface area contributed by atoms with Crippen LogP contribution in [0.1, 0.15) is 35.7 Å².